The van der Waals surface area contributed by atoms with Crippen molar-refractivity contribution in [1.82, 2.24) is 0 Å². The van der Waals surface area contributed by atoms with E-state index in [9.17, 15) is 13.2 Å². The van der Waals surface area contributed by atoms with Crippen LogP contribution in [0.5, 0.6) is 0 Å². The highest BCUT2D eigenvalue weighted by Gasteiger charge is 2.39. The van der Waals surface area contributed by atoms with Gasteiger partial charge in [0.2, 0.25) is 0 Å². The van der Waals surface area contributed by atoms with Crippen molar-refractivity contribution < 1.29 is 18.3 Å². The van der Waals surface area contributed by atoms with Gasteiger partial charge in [-0.15, -0.1) is 0 Å². The molecule has 0 saturated carbocycles. The summed E-state index contributed by atoms with van der Waals surface area (Å²) in [5, 5.41) is 9.00. The van der Waals surface area contributed by atoms with Crippen LogP contribution < -0.4 is 0 Å². The summed E-state index contributed by atoms with van der Waals surface area (Å²) in [6.45, 7) is 2.06. The summed E-state index contributed by atoms with van der Waals surface area (Å²) in [7, 11) is 0. The molecule has 0 amide bonds. The molecule has 0 aliphatic carbocycles. The van der Waals surface area contributed by atoms with Gasteiger partial charge in [-0.05, 0) is 24.0 Å². The summed E-state index contributed by atoms with van der Waals surface area (Å²) >= 11 is 0. The van der Waals surface area contributed by atoms with Crippen LogP contribution in [0.3, 0.4) is 0 Å². The summed E-state index contributed by atoms with van der Waals surface area (Å²) in [6, 6.07) is 5.95. The number of aliphatic hydroxyl groups is 1. The molecule has 0 aromatic heterocycles. The van der Waals surface area contributed by atoms with Crippen LogP contribution in [-0.2, 0) is 6.42 Å². The Bertz CT molecular complexity index is 316. The summed E-state index contributed by atoms with van der Waals surface area (Å²) in [4.78, 5) is 0. The standard InChI is InChI=1S/C12H15F3O/c1-2-3-4-9-5-7-10(8-6-9)11(16)12(13,14)15/h5-8,11,16H,2-4H2,1H3. The van der Waals surface area contributed by atoms with Crippen LogP contribution in [0.15, 0.2) is 24.3 Å². The highest BCUT2D eigenvalue weighted by molar-refractivity contribution is 5.25. The van der Waals surface area contributed by atoms with Gasteiger partial charge in [0, 0.05) is 0 Å². The van der Waals surface area contributed by atoms with Crippen molar-refractivity contribution in [2.24, 2.45) is 0 Å². The molecular weight excluding hydrogens is 217 g/mol. The third-order valence-electron chi connectivity index (χ3n) is 2.42. The van der Waals surface area contributed by atoms with Gasteiger partial charge in [-0.1, -0.05) is 37.6 Å². The summed E-state index contributed by atoms with van der Waals surface area (Å²) in [6.07, 6.45) is -4.05. The number of hydrogen-bond acceptors (Lipinski definition) is 1. The molecule has 1 N–H and O–H groups in total. The molecular formula is C12H15F3O. The Balaban J connectivity index is 2.71. The van der Waals surface area contributed by atoms with Gasteiger partial charge in [-0.25, -0.2) is 0 Å². The number of rotatable bonds is 4. The van der Waals surface area contributed by atoms with Crippen LogP contribution in [0.1, 0.15) is 37.0 Å². The van der Waals surface area contributed by atoms with Gasteiger partial charge in [-0.3, -0.25) is 0 Å². The lowest BCUT2D eigenvalue weighted by Gasteiger charge is -2.14. The minimum atomic E-state index is -4.59. The predicted octanol–water partition coefficient (Wildman–Crippen LogP) is 3.62. The molecule has 0 fully saturated rings. The fraction of sp³-hybridized carbons (Fsp3) is 0.500. The topological polar surface area (TPSA) is 20.2 Å². The van der Waals surface area contributed by atoms with Crippen LogP contribution in [0.4, 0.5) is 13.2 Å². The third kappa shape index (κ3) is 3.52. The summed E-state index contributed by atoms with van der Waals surface area (Å²) < 4.78 is 36.6. The monoisotopic (exact) mass is 232 g/mol. The van der Waals surface area contributed by atoms with Crippen molar-refractivity contribution in [3.05, 3.63) is 35.4 Å². The normalized spacial score (nSPS) is 13.8. The fourth-order valence-corrected chi connectivity index (χ4v) is 1.44. The lowest BCUT2D eigenvalue weighted by molar-refractivity contribution is -0.206. The molecule has 1 aromatic rings. The van der Waals surface area contributed by atoms with Crippen molar-refractivity contribution in [2.75, 3.05) is 0 Å². The molecule has 0 heterocycles. The van der Waals surface area contributed by atoms with Gasteiger partial charge in [0.15, 0.2) is 6.10 Å². The molecule has 16 heavy (non-hydrogen) atoms. The third-order valence-corrected chi connectivity index (χ3v) is 2.42. The SMILES string of the molecule is CCCCc1ccc(C(O)C(F)(F)F)cc1. The number of aliphatic hydroxyl groups excluding tert-OH is 1. The second-order valence-corrected chi connectivity index (χ2v) is 3.79. The quantitative estimate of drug-likeness (QED) is 0.840. The van der Waals surface area contributed by atoms with E-state index in [1.54, 1.807) is 12.1 Å². The van der Waals surface area contributed by atoms with Gasteiger partial charge >= 0.3 is 6.18 Å². The maximum Gasteiger partial charge on any atom is 0.418 e. The molecule has 1 unspecified atom stereocenters. The first-order chi connectivity index (χ1) is 7.45. The Morgan fingerprint density at radius 1 is 1.19 bits per heavy atom. The van der Waals surface area contributed by atoms with Crippen LogP contribution >= 0.6 is 0 Å². The molecule has 0 bridgehead atoms. The number of unbranched alkanes of at least 4 members (excludes halogenated alkanes) is 1. The minimum absolute atomic E-state index is 0.104. The predicted molar refractivity (Wildman–Crippen MR) is 56.1 cm³/mol. The van der Waals surface area contributed by atoms with Crippen LogP contribution in [0, 0.1) is 0 Å². The van der Waals surface area contributed by atoms with Crippen molar-refractivity contribution >= 4 is 0 Å². The largest absolute Gasteiger partial charge is 0.418 e. The molecule has 0 spiro atoms. The highest BCUT2D eigenvalue weighted by Crippen LogP contribution is 2.32. The molecule has 4 heteroatoms. The second kappa shape index (κ2) is 5.34. The van der Waals surface area contributed by atoms with Crippen LogP contribution in [0.2, 0.25) is 0 Å². The zero-order valence-electron chi connectivity index (χ0n) is 9.09. The molecule has 90 valence electrons. The first-order valence-electron chi connectivity index (χ1n) is 5.28. The molecule has 1 rings (SSSR count). The smallest absolute Gasteiger partial charge is 0.379 e. The van der Waals surface area contributed by atoms with Gasteiger partial charge in [-0.2, -0.15) is 13.2 Å². The zero-order chi connectivity index (χ0) is 12.2. The maximum atomic E-state index is 12.2. The average Bonchev–Trinajstić information content (AvgIpc) is 2.25. The number of alkyl halides is 3. The van der Waals surface area contributed by atoms with E-state index in [2.05, 4.69) is 6.92 Å². The van der Waals surface area contributed by atoms with Crippen molar-refractivity contribution in [1.29, 1.82) is 0 Å². The molecule has 1 aromatic carbocycles. The maximum absolute atomic E-state index is 12.2. The molecule has 0 saturated heterocycles. The van der Waals surface area contributed by atoms with E-state index in [-0.39, 0.29) is 5.56 Å². The van der Waals surface area contributed by atoms with E-state index in [1.165, 1.54) is 12.1 Å². The lowest BCUT2D eigenvalue weighted by atomic mass is 10.0. The van der Waals surface area contributed by atoms with E-state index in [0.717, 1.165) is 24.8 Å². The molecule has 0 radical (unpaired) electrons. The Morgan fingerprint density at radius 3 is 2.19 bits per heavy atom. The summed E-state index contributed by atoms with van der Waals surface area (Å²) in [5.41, 5.74) is 0.896. The lowest BCUT2D eigenvalue weighted by Crippen LogP contribution is -2.20. The molecule has 1 nitrogen and oxygen atoms in total. The van der Waals surface area contributed by atoms with Crippen molar-refractivity contribution in [2.45, 2.75) is 38.5 Å². The summed E-state index contributed by atoms with van der Waals surface area (Å²) in [5.74, 6) is 0. The second-order valence-electron chi connectivity index (χ2n) is 3.79. The fourth-order valence-electron chi connectivity index (χ4n) is 1.44. The van der Waals surface area contributed by atoms with Gasteiger partial charge in [0.05, 0.1) is 0 Å². The number of hydrogen-bond donors (Lipinski definition) is 1. The minimum Gasteiger partial charge on any atom is -0.379 e. The Kier molecular flexibility index (Phi) is 4.35. The number of benzene rings is 1. The number of halogens is 3. The van der Waals surface area contributed by atoms with E-state index in [1.807, 2.05) is 0 Å². The number of aryl methyl sites for hydroxylation is 1. The Hall–Kier alpha value is -1.03. The van der Waals surface area contributed by atoms with E-state index >= 15 is 0 Å². The van der Waals surface area contributed by atoms with Gasteiger partial charge in [0.25, 0.3) is 0 Å². The first-order valence-corrected chi connectivity index (χ1v) is 5.28. The van der Waals surface area contributed by atoms with Crippen LogP contribution in [-0.4, -0.2) is 11.3 Å². The van der Waals surface area contributed by atoms with E-state index < -0.39 is 12.3 Å². The average molecular weight is 232 g/mol. The molecule has 0 aliphatic heterocycles. The highest BCUT2D eigenvalue weighted by atomic mass is 19.4. The van der Waals surface area contributed by atoms with Crippen LogP contribution in [0.25, 0.3) is 0 Å². The molecule has 1 atom stereocenters. The van der Waals surface area contributed by atoms with Crippen molar-refractivity contribution in [3.8, 4) is 0 Å². The van der Waals surface area contributed by atoms with E-state index in [0.29, 0.717) is 0 Å². The van der Waals surface area contributed by atoms with Crippen molar-refractivity contribution in [3.63, 3.8) is 0 Å². The Morgan fingerprint density at radius 2 is 1.75 bits per heavy atom. The van der Waals surface area contributed by atoms with E-state index in [4.69, 9.17) is 5.11 Å². The Labute approximate surface area is 92.9 Å². The first kappa shape index (κ1) is 13.0. The van der Waals surface area contributed by atoms with Gasteiger partial charge in [0.1, 0.15) is 0 Å². The van der Waals surface area contributed by atoms with Gasteiger partial charge < -0.3 is 5.11 Å². The molecule has 0 aliphatic rings. The zero-order valence-corrected chi connectivity index (χ0v) is 9.09.